The van der Waals surface area contributed by atoms with Crippen LogP contribution in [0.25, 0.3) is 0 Å². The van der Waals surface area contributed by atoms with Crippen molar-refractivity contribution in [3.8, 4) is 0 Å². The summed E-state index contributed by atoms with van der Waals surface area (Å²) >= 11 is 1.52. The van der Waals surface area contributed by atoms with E-state index in [9.17, 15) is 9.50 Å². The van der Waals surface area contributed by atoms with Crippen LogP contribution < -0.4 is 0 Å². The van der Waals surface area contributed by atoms with Crippen LogP contribution in [-0.4, -0.2) is 5.11 Å². The van der Waals surface area contributed by atoms with E-state index in [0.717, 1.165) is 5.56 Å². The molecule has 2 aromatic rings. The average molecular weight is 222 g/mol. The SMILES string of the molecule is Cc1ccc(C(O)c2ccsc2)cc1F. The number of rotatable bonds is 2. The van der Waals surface area contributed by atoms with E-state index in [-0.39, 0.29) is 5.82 Å². The first-order valence-electron chi connectivity index (χ1n) is 4.64. The van der Waals surface area contributed by atoms with Gasteiger partial charge >= 0.3 is 0 Å². The van der Waals surface area contributed by atoms with Crippen molar-refractivity contribution >= 4 is 11.3 Å². The lowest BCUT2D eigenvalue weighted by Crippen LogP contribution is -1.99. The van der Waals surface area contributed by atoms with Crippen LogP contribution in [0.4, 0.5) is 4.39 Å². The summed E-state index contributed by atoms with van der Waals surface area (Å²) < 4.78 is 13.3. The highest BCUT2D eigenvalue weighted by Crippen LogP contribution is 2.24. The molecule has 0 saturated carbocycles. The van der Waals surface area contributed by atoms with E-state index in [1.54, 1.807) is 19.1 Å². The Morgan fingerprint density at radius 1 is 1.27 bits per heavy atom. The molecular weight excluding hydrogens is 211 g/mol. The van der Waals surface area contributed by atoms with Crippen molar-refractivity contribution in [2.45, 2.75) is 13.0 Å². The highest BCUT2D eigenvalue weighted by Gasteiger charge is 2.11. The van der Waals surface area contributed by atoms with Gasteiger partial charge < -0.3 is 5.11 Å². The molecule has 1 aromatic carbocycles. The molecular formula is C12H11FOS. The van der Waals surface area contributed by atoms with Crippen LogP contribution in [0.5, 0.6) is 0 Å². The summed E-state index contributed by atoms with van der Waals surface area (Å²) in [5, 5.41) is 13.7. The van der Waals surface area contributed by atoms with Gasteiger partial charge in [0.15, 0.2) is 0 Å². The summed E-state index contributed by atoms with van der Waals surface area (Å²) in [4.78, 5) is 0. The second kappa shape index (κ2) is 4.13. The van der Waals surface area contributed by atoms with E-state index in [2.05, 4.69) is 0 Å². The van der Waals surface area contributed by atoms with Crippen molar-refractivity contribution in [1.82, 2.24) is 0 Å². The molecule has 0 saturated heterocycles. The third-order valence-corrected chi connectivity index (χ3v) is 3.07. The van der Waals surface area contributed by atoms with Crippen LogP contribution in [0, 0.1) is 12.7 Å². The average Bonchev–Trinajstić information content (AvgIpc) is 2.74. The first-order chi connectivity index (χ1) is 7.18. The maximum atomic E-state index is 13.3. The van der Waals surface area contributed by atoms with Crippen LogP contribution in [0.2, 0.25) is 0 Å². The number of hydrogen-bond acceptors (Lipinski definition) is 2. The fourth-order valence-corrected chi connectivity index (χ4v) is 2.08. The van der Waals surface area contributed by atoms with Gasteiger partial charge in [-0.2, -0.15) is 11.3 Å². The number of hydrogen-bond donors (Lipinski definition) is 1. The first kappa shape index (κ1) is 10.3. The lowest BCUT2D eigenvalue weighted by atomic mass is 10.0. The summed E-state index contributed by atoms with van der Waals surface area (Å²) in [5.74, 6) is -0.276. The Kier molecular flexibility index (Phi) is 2.84. The molecule has 2 rings (SSSR count). The Morgan fingerprint density at radius 3 is 2.67 bits per heavy atom. The molecule has 0 aliphatic carbocycles. The highest BCUT2D eigenvalue weighted by atomic mass is 32.1. The molecule has 1 N–H and O–H groups in total. The molecule has 0 bridgehead atoms. The molecule has 15 heavy (non-hydrogen) atoms. The molecule has 1 unspecified atom stereocenters. The zero-order valence-corrected chi connectivity index (χ0v) is 9.09. The van der Waals surface area contributed by atoms with Crippen molar-refractivity contribution in [3.63, 3.8) is 0 Å². The van der Waals surface area contributed by atoms with Gasteiger partial charge in [-0.15, -0.1) is 0 Å². The number of benzene rings is 1. The summed E-state index contributed by atoms with van der Waals surface area (Å²) in [6.07, 6.45) is -0.730. The molecule has 0 aliphatic rings. The minimum Gasteiger partial charge on any atom is -0.384 e. The second-order valence-electron chi connectivity index (χ2n) is 3.47. The Labute approximate surface area is 91.8 Å². The van der Waals surface area contributed by atoms with E-state index < -0.39 is 6.10 Å². The monoisotopic (exact) mass is 222 g/mol. The van der Waals surface area contributed by atoms with Gasteiger partial charge in [-0.05, 0) is 46.5 Å². The Morgan fingerprint density at radius 2 is 2.07 bits per heavy atom. The fourth-order valence-electron chi connectivity index (χ4n) is 1.40. The van der Waals surface area contributed by atoms with Crippen molar-refractivity contribution in [3.05, 3.63) is 57.5 Å². The van der Waals surface area contributed by atoms with Gasteiger partial charge in [0, 0.05) is 0 Å². The predicted octanol–water partition coefficient (Wildman–Crippen LogP) is 3.28. The maximum Gasteiger partial charge on any atom is 0.126 e. The summed E-state index contributed by atoms with van der Waals surface area (Å²) in [6, 6.07) is 6.66. The molecule has 78 valence electrons. The Hall–Kier alpha value is -1.19. The Balaban J connectivity index is 2.34. The number of thiophene rings is 1. The zero-order valence-electron chi connectivity index (χ0n) is 8.27. The summed E-state index contributed by atoms with van der Waals surface area (Å²) in [6.45, 7) is 1.70. The number of aliphatic hydroxyl groups excluding tert-OH is 1. The van der Waals surface area contributed by atoms with Gasteiger partial charge in [0.25, 0.3) is 0 Å². The molecule has 3 heteroatoms. The molecule has 0 fully saturated rings. The van der Waals surface area contributed by atoms with E-state index in [1.165, 1.54) is 17.4 Å². The lowest BCUT2D eigenvalue weighted by molar-refractivity contribution is 0.220. The van der Waals surface area contributed by atoms with Crippen LogP contribution in [0.3, 0.4) is 0 Å². The largest absolute Gasteiger partial charge is 0.384 e. The van der Waals surface area contributed by atoms with Gasteiger partial charge in [0.2, 0.25) is 0 Å². The van der Waals surface area contributed by atoms with E-state index in [0.29, 0.717) is 11.1 Å². The van der Waals surface area contributed by atoms with Crippen LogP contribution in [0.15, 0.2) is 35.0 Å². The van der Waals surface area contributed by atoms with Crippen LogP contribution >= 0.6 is 11.3 Å². The van der Waals surface area contributed by atoms with Gasteiger partial charge in [0.05, 0.1) is 0 Å². The van der Waals surface area contributed by atoms with Gasteiger partial charge in [-0.3, -0.25) is 0 Å². The third-order valence-electron chi connectivity index (χ3n) is 2.37. The molecule has 0 amide bonds. The van der Waals surface area contributed by atoms with E-state index >= 15 is 0 Å². The molecule has 0 radical (unpaired) electrons. The maximum absolute atomic E-state index is 13.3. The van der Waals surface area contributed by atoms with Crippen molar-refractivity contribution in [2.24, 2.45) is 0 Å². The normalized spacial score (nSPS) is 12.7. The minimum absolute atomic E-state index is 0.276. The molecule has 1 heterocycles. The number of aryl methyl sites for hydroxylation is 1. The number of aliphatic hydroxyl groups is 1. The van der Waals surface area contributed by atoms with Gasteiger partial charge in [0.1, 0.15) is 11.9 Å². The van der Waals surface area contributed by atoms with Crippen LogP contribution in [-0.2, 0) is 0 Å². The lowest BCUT2D eigenvalue weighted by Gasteiger charge is -2.09. The molecule has 1 nitrogen and oxygen atoms in total. The van der Waals surface area contributed by atoms with Crippen molar-refractivity contribution in [2.75, 3.05) is 0 Å². The van der Waals surface area contributed by atoms with E-state index in [1.807, 2.05) is 16.8 Å². The van der Waals surface area contributed by atoms with Crippen molar-refractivity contribution < 1.29 is 9.50 Å². The standard InChI is InChI=1S/C12H11FOS/c1-8-2-3-9(6-11(8)13)12(14)10-4-5-15-7-10/h2-7,12,14H,1H3. The third kappa shape index (κ3) is 2.08. The van der Waals surface area contributed by atoms with E-state index in [4.69, 9.17) is 0 Å². The van der Waals surface area contributed by atoms with Crippen LogP contribution in [0.1, 0.15) is 22.8 Å². The summed E-state index contributed by atoms with van der Waals surface area (Å²) in [7, 11) is 0. The summed E-state index contributed by atoms with van der Waals surface area (Å²) in [5.41, 5.74) is 2.00. The zero-order chi connectivity index (χ0) is 10.8. The smallest absolute Gasteiger partial charge is 0.126 e. The highest BCUT2D eigenvalue weighted by molar-refractivity contribution is 7.07. The minimum atomic E-state index is -0.730. The van der Waals surface area contributed by atoms with Gasteiger partial charge in [-0.25, -0.2) is 4.39 Å². The number of halogens is 1. The Bertz CT molecular complexity index is 451. The van der Waals surface area contributed by atoms with Gasteiger partial charge in [-0.1, -0.05) is 12.1 Å². The molecule has 1 atom stereocenters. The quantitative estimate of drug-likeness (QED) is 0.826. The molecule has 1 aromatic heterocycles. The topological polar surface area (TPSA) is 20.2 Å². The predicted molar refractivity (Wildman–Crippen MR) is 59.5 cm³/mol. The molecule has 0 spiro atoms. The fraction of sp³-hybridized carbons (Fsp3) is 0.167. The van der Waals surface area contributed by atoms with Crippen molar-refractivity contribution in [1.29, 1.82) is 0 Å². The first-order valence-corrected chi connectivity index (χ1v) is 5.59. The molecule has 0 aliphatic heterocycles. The second-order valence-corrected chi connectivity index (χ2v) is 4.25.